The van der Waals surface area contributed by atoms with E-state index in [1.54, 1.807) is 30.3 Å². The van der Waals surface area contributed by atoms with Crippen LogP contribution in [0.3, 0.4) is 0 Å². The molecule has 27 heavy (non-hydrogen) atoms. The van der Waals surface area contributed by atoms with E-state index in [-0.39, 0.29) is 5.75 Å². The number of aliphatic hydroxyl groups is 2. The first-order valence-corrected chi connectivity index (χ1v) is 9.59. The maximum absolute atomic E-state index is 12.1. The second-order valence-corrected chi connectivity index (χ2v) is 7.68. The average Bonchev–Trinajstić information content (AvgIpc) is 2.89. The fourth-order valence-corrected chi connectivity index (χ4v) is 3.74. The molecule has 4 atom stereocenters. The molecule has 0 radical (unpaired) electrons. The highest BCUT2D eigenvalue weighted by Crippen LogP contribution is 2.28. The van der Waals surface area contributed by atoms with Crippen LogP contribution in [-0.4, -0.2) is 53.1 Å². The lowest BCUT2D eigenvalue weighted by Crippen LogP contribution is -2.37. The van der Waals surface area contributed by atoms with Crippen molar-refractivity contribution in [3.63, 3.8) is 0 Å². The lowest BCUT2D eigenvalue weighted by Gasteiger charge is -2.16. The number of nitrogens with one attached hydrogen (secondary N) is 1. The zero-order valence-electron chi connectivity index (χ0n) is 14.0. The quantitative estimate of drug-likeness (QED) is 0.509. The first-order valence-electron chi connectivity index (χ1n) is 8.01. The summed E-state index contributed by atoms with van der Waals surface area (Å²) >= 11 is 0. The van der Waals surface area contributed by atoms with Gasteiger partial charge in [0.05, 0.1) is 6.61 Å². The van der Waals surface area contributed by atoms with Gasteiger partial charge in [-0.1, -0.05) is 30.3 Å². The van der Waals surface area contributed by atoms with Crippen LogP contribution < -0.4 is 11.2 Å². The van der Waals surface area contributed by atoms with Gasteiger partial charge in [0.15, 0.2) is 6.23 Å². The largest absolute Gasteiger partial charge is 0.387 e. The second kappa shape index (κ2) is 7.74. The normalized spacial score (nSPS) is 25.6. The summed E-state index contributed by atoms with van der Waals surface area (Å²) in [7, 11) is -3.95. The number of ether oxygens (including phenoxy) is 1. The van der Waals surface area contributed by atoms with Crippen molar-refractivity contribution in [3.8, 4) is 0 Å². The summed E-state index contributed by atoms with van der Waals surface area (Å²) in [6, 6.07) is 9.45. The fraction of sp³-hybridized carbons (Fsp3) is 0.375. The summed E-state index contributed by atoms with van der Waals surface area (Å²) in [5.41, 5.74) is -0.934. The minimum Gasteiger partial charge on any atom is -0.387 e. The summed E-state index contributed by atoms with van der Waals surface area (Å²) in [5.74, 6) is -0.359. The molecule has 146 valence electrons. The van der Waals surface area contributed by atoms with Crippen molar-refractivity contribution in [1.29, 1.82) is 0 Å². The molecule has 0 spiro atoms. The van der Waals surface area contributed by atoms with Crippen molar-refractivity contribution in [2.45, 2.75) is 30.3 Å². The lowest BCUT2D eigenvalue weighted by atomic mass is 10.1. The highest BCUT2D eigenvalue weighted by Gasteiger charge is 2.44. The summed E-state index contributed by atoms with van der Waals surface area (Å²) < 4.78 is 35.3. The van der Waals surface area contributed by atoms with Gasteiger partial charge >= 0.3 is 5.69 Å². The van der Waals surface area contributed by atoms with Crippen molar-refractivity contribution >= 4 is 10.1 Å². The zero-order chi connectivity index (χ0) is 19.6. The van der Waals surface area contributed by atoms with Gasteiger partial charge in [-0.2, -0.15) is 8.42 Å². The standard InChI is InChI=1S/C16H18N2O8S/c19-12-6-7-18(16(22)17-12)15-14(21)13(20)11(26-15)8-25-27(23,24)9-10-4-2-1-3-5-10/h1-7,11,13-15,20-21H,8-9H2,(H,17,19,22)/t11-,13-,14-,15-/m1/s1. The van der Waals surface area contributed by atoms with Crippen LogP contribution in [-0.2, 0) is 24.8 Å². The molecule has 1 aliphatic heterocycles. The van der Waals surface area contributed by atoms with Crippen LogP contribution in [0.2, 0.25) is 0 Å². The van der Waals surface area contributed by atoms with Gasteiger partial charge in [0.1, 0.15) is 24.1 Å². The van der Waals surface area contributed by atoms with Crippen molar-refractivity contribution in [2.24, 2.45) is 0 Å². The van der Waals surface area contributed by atoms with Crippen LogP contribution in [0.25, 0.3) is 0 Å². The number of aromatic nitrogens is 2. The minimum atomic E-state index is -3.95. The molecule has 2 aromatic rings. The fourth-order valence-electron chi connectivity index (χ4n) is 2.72. The number of aliphatic hydroxyl groups excluding tert-OH is 2. The van der Waals surface area contributed by atoms with E-state index in [4.69, 9.17) is 8.92 Å². The van der Waals surface area contributed by atoms with Crippen molar-refractivity contribution in [1.82, 2.24) is 9.55 Å². The van der Waals surface area contributed by atoms with E-state index in [1.165, 1.54) is 0 Å². The van der Waals surface area contributed by atoms with Crippen LogP contribution in [0.1, 0.15) is 11.8 Å². The van der Waals surface area contributed by atoms with Gasteiger partial charge in [0.25, 0.3) is 15.7 Å². The summed E-state index contributed by atoms with van der Waals surface area (Å²) in [4.78, 5) is 24.9. The Kier molecular flexibility index (Phi) is 5.58. The molecule has 0 unspecified atom stereocenters. The molecular weight excluding hydrogens is 380 g/mol. The van der Waals surface area contributed by atoms with E-state index in [0.717, 1.165) is 16.8 Å². The van der Waals surface area contributed by atoms with Gasteiger partial charge < -0.3 is 14.9 Å². The summed E-state index contributed by atoms with van der Waals surface area (Å²) in [6.45, 7) is -0.540. The molecule has 0 aliphatic carbocycles. The Balaban J connectivity index is 1.67. The third-order valence-electron chi connectivity index (χ3n) is 4.06. The Morgan fingerprint density at radius 1 is 1.11 bits per heavy atom. The molecular formula is C16H18N2O8S. The maximum atomic E-state index is 12.1. The monoisotopic (exact) mass is 398 g/mol. The predicted molar refractivity (Wildman–Crippen MR) is 92.3 cm³/mol. The van der Waals surface area contributed by atoms with Gasteiger partial charge in [-0.15, -0.1) is 0 Å². The minimum absolute atomic E-state index is 0.359. The Morgan fingerprint density at radius 3 is 2.48 bits per heavy atom. The van der Waals surface area contributed by atoms with E-state index >= 15 is 0 Å². The first-order chi connectivity index (χ1) is 12.8. The van der Waals surface area contributed by atoms with E-state index in [0.29, 0.717) is 5.56 Å². The molecule has 1 aliphatic rings. The highest BCUT2D eigenvalue weighted by atomic mass is 32.2. The number of aromatic amines is 1. The van der Waals surface area contributed by atoms with Gasteiger partial charge in [0.2, 0.25) is 0 Å². The number of benzene rings is 1. The van der Waals surface area contributed by atoms with Gasteiger partial charge in [-0.05, 0) is 5.56 Å². The topological polar surface area (TPSA) is 148 Å². The molecule has 11 heteroatoms. The number of H-pyrrole nitrogens is 1. The van der Waals surface area contributed by atoms with Crippen LogP contribution in [0.5, 0.6) is 0 Å². The zero-order valence-corrected chi connectivity index (χ0v) is 14.8. The molecule has 0 saturated carbocycles. The first kappa shape index (κ1) is 19.5. The Morgan fingerprint density at radius 2 is 1.81 bits per heavy atom. The van der Waals surface area contributed by atoms with Crippen molar-refractivity contribution < 1.29 is 27.6 Å². The predicted octanol–water partition coefficient (Wildman–Crippen LogP) is -1.30. The average molecular weight is 398 g/mol. The van der Waals surface area contributed by atoms with E-state index in [9.17, 15) is 28.2 Å². The van der Waals surface area contributed by atoms with Crippen molar-refractivity contribution in [2.75, 3.05) is 6.61 Å². The maximum Gasteiger partial charge on any atom is 0.330 e. The molecule has 2 heterocycles. The lowest BCUT2D eigenvalue weighted by molar-refractivity contribution is -0.0509. The number of nitrogens with zero attached hydrogens (tertiary/aromatic N) is 1. The third-order valence-corrected chi connectivity index (χ3v) is 5.24. The summed E-state index contributed by atoms with van der Waals surface area (Å²) in [5, 5.41) is 20.2. The van der Waals surface area contributed by atoms with Crippen LogP contribution in [0.4, 0.5) is 0 Å². The molecule has 0 amide bonds. The van der Waals surface area contributed by atoms with Gasteiger partial charge in [-0.3, -0.25) is 18.5 Å². The molecule has 1 aromatic carbocycles. The SMILES string of the molecule is O=c1ccn([C@@H]2O[C@H](COS(=O)(=O)Cc3ccccc3)[C@@H](O)[C@H]2O)c(=O)[nH]1. The number of rotatable bonds is 6. The van der Waals surface area contributed by atoms with E-state index in [1.807, 2.05) is 4.98 Å². The van der Waals surface area contributed by atoms with Crippen molar-refractivity contribution in [3.05, 3.63) is 69.0 Å². The number of hydrogen-bond acceptors (Lipinski definition) is 8. The van der Waals surface area contributed by atoms with Crippen LogP contribution in [0.15, 0.2) is 52.2 Å². The second-order valence-electron chi connectivity index (χ2n) is 6.04. The summed E-state index contributed by atoms with van der Waals surface area (Å²) in [6.07, 6.45) is -4.37. The smallest absolute Gasteiger partial charge is 0.330 e. The molecule has 10 nitrogen and oxygen atoms in total. The molecule has 1 saturated heterocycles. The third kappa shape index (κ3) is 4.51. The number of hydrogen-bond donors (Lipinski definition) is 3. The van der Waals surface area contributed by atoms with Crippen LogP contribution >= 0.6 is 0 Å². The molecule has 3 N–H and O–H groups in total. The van der Waals surface area contributed by atoms with Crippen LogP contribution in [0, 0.1) is 0 Å². The van der Waals surface area contributed by atoms with Gasteiger partial charge in [-0.25, -0.2) is 4.79 Å². The van der Waals surface area contributed by atoms with Gasteiger partial charge in [0, 0.05) is 12.3 Å². The Labute approximate surface area is 153 Å². The van der Waals surface area contributed by atoms with E-state index < -0.39 is 52.5 Å². The van der Waals surface area contributed by atoms with E-state index in [2.05, 4.69) is 0 Å². The molecule has 1 fully saturated rings. The molecule has 0 bridgehead atoms. The molecule has 3 rings (SSSR count). The Hall–Kier alpha value is -2.31. The molecule has 1 aromatic heterocycles. The Bertz CT molecular complexity index is 1000. The highest BCUT2D eigenvalue weighted by molar-refractivity contribution is 7.85.